The number of hydrogen-bond donors (Lipinski definition) is 3. The SMILES string of the molecule is CCC.CNS(=O)(=O)c1ccc(-c2ccsc2)c(NC=O)c1.CNc1ccccc1C. The van der Waals surface area contributed by atoms with Gasteiger partial charge in [-0.15, -0.1) is 0 Å². The Morgan fingerprint density at radius 1 is 1.00 bits per heavy atom. The highest BCUT2D eigenvalue weighted by Crippen LogP contribution is 2.31. The Kier molecular flexibility index (Phi) is 11.6. The number of benzene rings is 2. The Bertz CT molecular complexity index is 1030. The third-order valence-electron chi connectivity index (χ3n) is 4.03. The second kappa shape index (κ2) is 13.6. The van der Waals surface area contributed by atoms with Crippen LogP contribution in [-0.4, -0.2) is 28.9 Å². The van der Waals surface area contributed by atoms with E-state index in [1.54, 1.807) is 6.07 Å². The van der Waals surface area contributed by atoms with Crippen LogP contribution >= 0.6 is 11.3 Å². The van der Waals surface area contributed by atoms with Crippen LogP contribution < -0.4 is 15.4 Å². The van der Waals surface area contributed by atoms with Crippen LogP contribution in [-0.2, 0) is 14.8 Å². The standard InChI is InChI=1S/C12H12N2O3S2.C8H11N.C3H8/c1-13-19(16,17)10-2-3-11(9-4-5-18-7-9)12(6-10)14-8-15;1-7-5-3-4-6-8(7)9-2;1-3-2/h2-8,13H,1H3,(H,14,15);3-6,9H,1-2H3;3H2,1-2H3. The molecule has 3 N–H and O–H groups in total. The van der Waals surface area contributed by atoms with Crippen LogP contribution in [0.2, 0.25) is 0 Å². The first-order chi connectivity index (χ1) is 14.8. The number of carbonyl (C=O) groups excluding carboxylic acids is 1. The van der Waals surface area contributed by atoms with Crippen molar-refractivity contribution in [3.63, 3.8) is 0 Å². The Morgan fingerprint density at radius 2 is 1.68 bits per heavy atom. The highest BCUT2D eigenvalue weighted by molar-refractivity contribution is 7.89. The molecule has 0 unspecified atom stereocenters. The van der Waals surface area contributed by atoms with Crippen molar-refractivity contribution < 1.29 is 13.2 Å². The molecule has 168 valence electrons. The first-order valence-corrected chi connectivity index (χ1v) is 12.3. The van der Waals surface area contributed by atoms with Gasteiger partial charge in [0, 0.05) is 24.0 Å². The molecule has 0 aliphatic carbocycles. The number of carbonyl (C=O) groups is 1. The number of sulfonamides is 1. The summed E-state index contributed by atoms with van der Waals surface area (Å²) in [5.41, 5.74) is 4.67. The van der Waals surface area contributed by atoms with Crippen molar-refractivity contribution in [1.82, 2.24) is 4.72 Å². The number of thiophene rings is 1. The molecule has 1 heterocycles. The molecular formula is C23H31N3O3S2. The van der Waals surface area contributed by atoms with Gasteiger partial charge in [0.25, 0.3) is 0 Å². The van der Waals surface area contributed by atoms with E-state index < -0.39 is 10.0 Å². The van der Waals surface area contributed by atoms with E-state index in [-0.39, 0.29) is 4.90 Å². The van der Waals surface area contributed by atoms with Gasteiger partial charge in [0.2, 0.25) is 16.4 Å². The molecule has 1 amide bonds. The van der Waals surface area contributed by atoms with Crippen LogP contribution in [0.1, 0.15) is 25.8 Å². The molecule has 8 heteroatoms. The lowest BCUT2D eigenvalue weighted by Gasteiger charge is -2.10. The van der Waals surface area contributed by atoms with E-state index in [2.05, 4.69) is 48.3 Å². The van der Waals surface area contributed by atoms with Crippen LogP contribution in [0.25, 0.3) is 11.1 Å². The lowest BCUT2D eigenvalue weighted by atomic mass is 10.1. The fraction of sp³-hybridized carbons (Fsp3) is 0.261. The molecule has 0 saturated carbocycles. The molecule has 31 heavy (non-hydrogen) atoms. The summed E-state index contributed by atoms with van der Waals surface area (Å²) in [7, 11) is -0.253. The van der Waals surface area contributed by atoms with Gasteiger partial charge in [0.15, 0.2) is 0 Å². The van der Waals surface area contributed by atoms with Crippen LogP contribution in [0.5, 0.6) is 0 Å². The predicted octanol–water partition coefficient (Wildman–Crippen LogP) is 5.34. The normalized spacial score (nSPS) is 10.1. The number of rotatable bonds is 6. The summed E-state index contributed by atoms with van der Waals surface area (Å²) >= 11 is 1.53. The van der Waals surface area contributed by atoms with E-state index in [1.807, 2.05) is 36.0 Å². The van der Waals surface area contributed by atoms with Crippen LogP contribution in [0.15, 0.2) is 64.2 Å². The summed E-state index contributed by atoms with van der Waals surface area (Å²) in [6.45, 7) is 6.34. The Hall–Kier alpha value is -2.68. The van der Waals surface area contributed by atoms with Gasteiger partial charge in [-0.1, -0.05) is 44.5 Å². The first kappa shape index (κ1) is 26.4. The van der Waals surface area contributed by atoms with Gasteiger partial charge >= 0.3 is 0 Å². The van der Waals surface area contributed by atoms with Crippen LogP contribution in [0.4, 0.5) is 11.4 Å². The maximum absolute atomic E-state index is 11.7. The van der Waals surface area contributed by atoms with Crippen molar-refractivity contribution in [3.8, 4) is 11.1 Å². The molecule has 3 aromatic rings. The van der Waals surface area contributed by atoms with E-state index in [0.29, 0.717) is 12.1 Å². The average molecular weight is 462 g/mol. The summed E-state index contributed by atoms with van der Waals surface area (Å²) in [4.78, 5) is 10.8. The summed E-state index contributed by atoms with van der Waals surface area (Å²) < 4.78 is 25.7. The quantitative estimate of drug-likeness (QED) is 0.432. The number of hydrogen-bond acceptors (Lipinski definition) is 5. The van der Waals surface area contributed by atoms with E-state index in [1.165, 1.54) is 48.2 Å². The molecule has 3 rings (SSSR count). The minimum absolute atomic E-state index is 0.110. The lowest BCUT2D eigenvalue weighted by Crippen LogP contribution is -2.18. The van der Waals surface area contributed by atoms with Crippen molar-refractivity contribution in [2.45, 2.75) is 32.1 Å². The van der Waals surface area contributed by atoms with Gasteiger partial charge in [0.1, 0.15) is 0 Å². The fourth-order valence-corrected chi connectivity index (χ4v) is 3.93. The molecule has 0 saturated heterocycles. The molecule has 0 aliphatic heterocycles. The predicted molar refractivity (Wildman–Crippen MR) is 132 cm³/mol. The number of amides is 1. The summed E-state index contributed by atoms with van der Waals surface area (Å²) in [5.74, 6) is 0. The lowest BCUT2D eigenvalue weighted by molar-refractivity contribution is -0.105. The Balaban J connectivity index is 0.000000333. The zero-order chi connectivity index (χ0) is 23.3. The van der Waals surface area contributed by atoms with Gasteiger partial charge in [-0.05, 0) is 60.1 Å². The van der Waals surface area contributed by atoms with Gasteiger partial charge in [0.05, 0.1) is 4.90 Å². The number of nitrogens with one attached hydrogen (secondary N) is 3. The summed E-state index contributed by atoms with van der Waals surface area (Å²) in [6, 6.07) is 14.7. The van der Waals surface area contributed by atoms with Crippen molar-refractivity contribution in [1.29, 1.82) is 0 Å². The molecule has 0 radical (unpaired) electrons. The van der Waals surface area contributed by atoms with E-state index in [4.69, 9.17) is 0 Å². The molecule has 1 aromatic heterocycles. The zero-order valence-electron chi connectivity index (χ0n) is 18.6. The summed E-state index contributed by atoms with van der Waals surface area (Å²) in [6.07, 6.45) is 1.78. The minimum atomic E-state index is -3.53. The highest BCUT2D eigenvalue weighted by Gasteiger charge is 2.14. The first-order valence-electron chi connectivity index (χ1n) is 9.88. The maximum atomic E-state index is 11.7. The van der Waals surface area contributed by atoms with Crippen molar-refractivity contribution in [3.05, 3.63) is 64.9 Å². The Morgan fingerprint density at radius 3 is 2.16 bits per heavy atom. The third kappa shape index (κ3) is 8.16. The zero-order valence-corrected chi connectivity index (χ0v) is 20.2. The van der Waals surface area contributed by atoms with E-state index in [0.717, 1.165) is 11.1 Å². The average Bonchev–Trinajstić information content (AvgIpc) is 3.30. The second-order valence-corrected chi connectivity index (χ2v) is 9.13. The maximum Gasteiger partial charge on any atom is 0.240 e. The van der Waals surface area contributed by atoms with Gasteiger partial charge < -0.3 is 10.6 Å². The molecule has 0 fully saturated rings. The molecule has 0 aliphatic rings. The number of aryl methyl sites for hydroxylation is 1. The van der Waals surface area contributed by atoms with Crippen molar-refractivity contribution >= 4 is 39.1 Å². The van der Waals surface area contributed by atoms with Crippen LogP contribution in [0.3, 0.4) is 0 Å². The monoisotopic (exact) mass is 461 g/mol. The smallest absolute Gasteiger partial charge is 0.240 e. The largest absolute Gasteiger partial charge is 0.388 e. The van der Waals surface area contributed by atoms with Crippen molar-refractivity contribution in [2.75, 3.05) is 24.7 Å². The van der Waals surface area contributed by atoms with E-state index >= 15 is 0 Å². The Labute approximate surface area is 189 Å². The van der Waals surface area contributed by atoms with Crippen molar-refractivity contribution in [2.24, 2.45) is 0 Å². The third-order valence-corrected chi connectivity index (χ3v) is 6.13. The van der Waals surface area contributed by atoms with E-state index in [9.17, 15) is 13.2 Å². The molecular weight excluding hydrogens is 430 g/mol. The van der Waals surface area contributed by atoms with Crippen LogP contribution in [0, 0.1) is 6.92 Å². The van der Waals surface area contributed by atoms with Gasteiger partial charge in [-0.25, -0.2) is 13.1 Å². The topological polar surface area (TPSA) is 87.3 Å². The molecule has 2 aromatic carbocycles. The van der Waals surface area contributed by atoms with Gasteiger partial charge in [-0.3, -0.25) is 4.79 Å². The summed E-state index contributed by atoms with van der Waals surface area (Å²) in [5, 5.41) is 9.47. The highest BCUT2D eigenvalue weighted by atomic mass is 32.2. The minimum Gasteiger partial charge on any atom is -0.388 e. The molecule has 6 nitrogen and oxygen atoms in total. The number of anilines is 2. The number of para-hydroxylation sites is 1. The fourth-order valence-electron chi connectivity index (χ4n) is 2.51. The molecule has 0 bridgehead atoms. The molecule has 0 spiro atoms. The second-order valence-electron chi connectivity index (χ2n) is 6.46. The molecule has 0 atom stereocenters. The van der Waals surface area contributed by atoms with Gasteiger partial charge in [-0.2, -0.15) is 11.3 Å².